The number of benzene rings is 2. The van der Waals surface area contributed by atoms with E-state index in [2.05, 4.69) is 0 Å². The lowest BCUT2D eigenvalue weighted by Crippen LogP contribution is -2.57. The SMILES string of the molecule is CC[C@@H](Cn1cc(C)ccc1=O)N1C(=O)[C@@](C)(CC(=O)O)C[C@H](c2cccc(Cl)c2)[C@H]1c1ccc(Cl)cc1. The van der Waals surface area contributed by atoms with E-state index in [9.17, 15) is 19.5 Å². The maximum absolute atomic E-state index is 14.3. The summed E-state index contributed by atoms with van der Waals surface area (Å²) in [4.78, 5) is 40.9. The van der Waals surface area contributed by atoms with Crippen LogP contribution in [0.15, 0.2) is 71.7 Å². The third kappa shape index (κ3) is 5.82. The maximum Gasteiger partial charge on any atom is 0.304 e. The van der Waals surface area contributed by atoms with Crippen molar-refractivity contribution in [2.24, 2.45) is 5.41 Å². The predicted octanol–water partition coefficient (Wildman–Crippen LogP) is 6.48. The summed E-state index contributed by atoms with van der Waals surface area (Å²) in [6, 6.07) is 17.5. The Balaban J connectivity index is 1.92. The minimum atomic E-state index is -1.15. The number of amides is 1. The molecule has 1 aromatic heterocycles. The number of carbonyl (C=O) groups is 2. The Bertz CT molecular complexity index is 1390. The number of halogens is 2. The Labute approximate surface area is 232 Å². The quantitative estimate of drug-likeness (QED) is 0.345. The van der Waals surface area contributed by atoms with Gasteiger partial charge in [-0.1, -0.05) is 67.4 Å². The van der Waals surface area contributed by atoms with Gasteiger partial charge in [-0.25, -0.2) is 0 Å². The molecule has 1 N–H and O–H groups in total. The molecule has 4 atom stereocenters. The van der Waals surface area contributed by atoms with Crippen molar-refractivity contribution in [3.05, 3.63) is 104 Å². The van der Waals surface area contributed by atoms with Crippen LogP contribution in [-0.4, -0.2) is 32.5 Å². The van der Waals surface area contributed by atoms with Crippen LogP contribution in [0.1, 0.15) is 61.8 Å². The average molecular weight is 556 g/mol. The molecule has 0 unspecified atom stereocenters. The largest absolute Gasteiger partial charge is 0.481 e. The molecule has 0 aliphatic carbocycles. The summed E-state index contributed by atoms with van der Waals surface area (Å²) in [5, 5.41) is 10.9. The van der Waals surface area contributed by atoms with Crippen LogP contribution < -0.4 is 5.56 Å². The van der Waals surface area contributed by atoms with Crippen molar-refractivity contribution in [2.45, 2.75) is 64.6 Å². The number of carboxylic acid groups (broad SMARTS) is 1. The second kappa shape index (κ2) is 11.3. The zero-order chi connectivity index (χ0) is 27.6. The second-order valence-corrected chi connectivity index (χ2v) is 11.3. The van der Waals surface area contributed by atoms with Crippen molar-refractivity contribution >= 4 is 35.1 Å². The molecule has 1 saturated heterocycles. The Morgan fingerprint density at radius 3 is 2.39 bits per heavy atom. The number of rotatable bonds is 8. The van der Waals surface area contributed by atoms with Crippen molar-refractivity contribution in [2.75, 3.05) is 0 Å². The number of aliphatic carboxylic acids is 1. The van der Waals surface area contributed by atoms with Crippen molar-refractivity contribution < 1.29 is 14.7 Å². The summed E-state index contributed by atoms with van der Waals surface area (Å²) in [6.45, 7) is 5.92. The van der Waals surface area contributed by atoms with E-state index in [-0.39, 0.29) is 36.4 Å². The minimum Gasteiger partial charge on any atom is -0.481 e. The summed E-state index contributed by atoms with van der Waals surface area (Å²) in [7, 11) is 0. The van der Waals surface area contributed by atoms with Crippen molar-refractivity contribution in [1.29, 1.82) is 0 Å². The molecule has 6 nitrogen and oxygen atoms in total. The minimum absolute atomic E-state index is 0.152. The molecule has 2 heterocycles. The van der Waals surface area contributed by atoms with E-state index in [1.54, 1.807) is 42.0 Å². The molecular weight excluding hydrogens is 523 g/mol. The van der Waals surface area contributed by atoms with Gasteiger partial charge in [-0.05, 0) is 60.7 Å². The molecule has 1 fully saturated rings. The van der Waals surface area contributed by atoms with Crippen LogP contribution >= 0.6 is 23.2 Å². The van der Waals surface area contributed by atoms with E-state index in [1.165, 1.54) is 6.07 Å². The topological polar surface area (TPSA) is 79.6 Å². The van der Waals surface area contributed by atoms with Crippen LogP contribution in [0.2, 0.25) is 10.0 Å². The van der Waals surface area contributed by atoms with Crippen molar-refractivity contribution in [3.8, 4) is 0 Å². The number of aromatic nitrogens is 1. The van der Waals surface area contributed by atoms with Crippen LogP contribution in [0.3, 0.4) is 0 Å². The average Bonchev–Trinajstić information content (AvgIpc) is 2.86. The first-order valence-electron chi connectivity index (χ1n) is 12.7. The molecule has 8 heteroatoms. The lowest BCUT2D eigenvalue weighted by Gasteiger charge is -2.52. The monoisotopic (exact) mass is 554 g/mol. The fourth-order valence-electron chi connectivity index (χ4n) is 5.72. The zero-order valence-corrected chi connectivity index (χ0v) is 23.2. The number of carbonyl (C=O) groups excluding carboxylic acids is 1. The number of hydrogen-bond donors (Lipinski definition) is 1. The number of pyridine rings is 1. The Morgan fingerprint density at radius 2 is 1.76 bits per heavy atom. The van der Waals surface area contributed by atoms with Gasteiger partial charge in [0.15, 0.2) is 0 Å². The van der Waals surface area contributed by atoms with Crippen LogP contribution in [0.25, 0.3) is 0 Å². The van der Waals surface area contributed by atoms with E-state index < -0.39 is 17.4 Å². The van der Waals surface area contributed by atoms with Gasteiger partial charge in [-0.15, -0.1) is 0 Å². The molecule has 1 amide bonds. The van der Waals surface area contributed by atoms with Gasteiger partial charge in [0.2, 0.25) is 5.91 Å². The first-order valence-corrected chi connectivity index (χ1v) is 13.5. The van der Waals surface area contributed by atoms with Crippen molar-refractivity contribution in [1.82, 2.24) is 9.47 Å². The molecule has 1 aliphatic heterocycles. The van der Waals surface area contributed by atoms with Gasteiger partial charge < -0.3 is 14.6 Å². The van der Waals surface area contributed by atoms with E-state index in [1.807, 2.05) is 49.1 Å². The summed E-state index contributed by atoms with van der Waals surface area (Å²) in [6.07, 6.45) is 2.40. The highest BCUT2D eigenvalue weighted by molar-refractivity contribution is 6.30. The number of nitrogens with zero attached hydrogens (tertiary/aromatic N) is 2. The smallest absolute Gasteiger partial charge is 0.304 e. The number of likely N-dealkylation sites (tertiary alicyclic amines) is 1. The zero-order valence-electron chi connectivity index (χ0n) is 21.7. The predicted molar refractivity (Wildman–Crippen MR) is 150 cm³/mol. The normalized spacial score (nSPS) is 22.3. The van der Waals surface area contributed by atoms with E-state index in [0.717, 1.165) is 16.7 Å². The van der Waals surface area contributed by atoms with Gasteiger partial charge in [-0.2, -0.15) is 0 Å². The fraction of sp³-hybridized carbons (Fsp3) is 0.367. The van der Waals surface area contributed by atoms with Gasteiger partial charge >= 0.3 is 5.97 Å². The lowest BCUT2D eigenvalue weighted by atomic mass is 9.67. The molecule has 4 rings (SSSR count). The molecule has 38 heavy (non-hydrogen) atoms. The summed E-state index contributed by atoms with van der Waals surface area (Å²) >= 11 is 12.6. The highest BCUT2D eigenvalue weighted by atomic mass is 35.5. The molecule has 0 radical (unpaired) electrons. The maximum atomic E-state index is 14.3. The Hall–Kier alpha value is -3.09. The van der Waals surface area contributed by atoms with Gasteiger partial charge in [0.05, 0.1) is 23.9 Å². The second-order valence-electron chi connectivity index (χ2n) is 10.5. The third-order valence-corrected chi connectivity index (χ3v) is 8.02. The lowest BCUT2D eigenvalue weighted by molar-refractivity contribution is -0.161. The first kappa shape index (κ1) is 27.9. The molecule has 0 saturated carbocycles. The van der Waals surface area contributed by atoms with Crippen LogP contribution in [0.5, 0.6) is 0 Å². The van der Waals surface area contributed by atoms with Gasteiger partial charge in [0, 0.05) is 34.8 Å². The molecule has 1 aliphatic rings. The summed E-state index contributed by atoms with van der Waals surface area (Å²) < 4.78 is 1.63. The Kier molecular flexibility index (Phi) is 8.34. The molecule has 200 valence electrons. The highest BCUT2D eigenvalue weighted by Crippen LogP contribution is 2.52. The summed E-state index contributed by atoms with van der Waals surface area (Å²) in [5.74, 6) is -1.50. The molecule has 3 aromatic rings. The van der Waals surface area contributed by atoms with Crippen LogP contribution in [0.4, 0.5) is 0 Å². The molecule has 2 aromatic carbocycles. The first-order chi connectivity index (χ1) is 18.0. The molecule has 0 spiro atoms. The van der Waals surface area contributed by atoms with Crippen LogP contribution in [0, 0.1) is 12.3 Å². The molecule has 0 bridgehead atoms. The van der Waals surface area contributed by atoms with Gasteiger partial charge in [0.1, 0.15) is 0 Å². The van der Waals surface area contributed by atoms with Gasteiger partial charge in [0.25, 0.3) is 5.56 Å². The van der Waals surface area contributed by atoms with Gasteiger partial charge in [-0.3, -0.25) is 14.4 Å². The summed E-state index contributed by atoms with van der Waals surface area (Å²) in [5.41, 5.74) is 1.45. The fourth-order valence-corrected chi connectivity index (χ4v) is 6.04. The Morgan fingerprint density at radius 1 is 1.05 bits per heavy atom. The number of aryl methyl sites for hydroxylation is 1. The molecular formula is C30H32Cl2N2O4. The number of piperidine rings is 1. The highest BCUT2D eigenvalue weighted by Gasteiger charge is 2.52. The van der Waals surface area contributed by atoms with E-state index in [4.69, 9.17) is 23.2 Å². The van der Waals surface area contributed by atoms with Crippen LogP contribution in [-0.2, 0) is 16.1 Å². The number of hydrogen-bond acceptors (Lipinski definition) is 3. The van der Waals surface area contributed by atoms with E-state index >= 15 is 0 Å². The van der Waals surface area contributed by atoms with E-state index in [0.29, 0.717) is 22.9 Å². The standard InChI is InChI=1S/C30H32Cl2N2O4/c1-4-24(18-33-17-19(2)8-13-26(33)35)34-28(20-9-11-22(31)12-10-20)25(21-6-5-7-23(32)14-21)15-30(3,29(34)38)16-27(36)37/h5-14,17,24-25,28H,4,15-16,18H2,1-3H3,(H,36,37)/t24-,25+,28+,30+/m0/s1. The third-order valence-electron chi connectivity index (χ3n) is 7.54. The van der Waals surface area contributed by atoms with Crippen molar-refractivity contribution in [3.63, 3.8) is 0 Å². The number of carboxylic acids is 1.